The number of aliphatic hydroxyl groups excluding tert-OH is 1. The zero-order valence-electron chi connectivity index (χ0n) is 36.4. The predicted molar refractivity (Wildman–Crippen MR) is 235 cm³/mol. The molecule has 2 saturated heterocycles. The maximum Gasteiger partial charge on any atom is 0.410 e. The number of nitrogens with zero attached hydrogens (tertiary/aromatic N) is 5. The zero-order chi connectivity index (χ0) is 42.4. The molecule has 4 aromatic rings. The van der Waals surface area contributed by atoms with Gasteiger partial charge in [-0.2, -0.15) is 10.2 Å². The van der Waals surface area contributed by atoms with Crippen molar-refractivity contribution in [1.29, 1.82) is 0 Å². The first-order valence-corrected chi connectivity index (χ1v) is 21.2. The van der Waals surface area contributed by atoms with Crippen molar-refractivity contribution in [1.82, 2.24) is 40.4 Å². The number of benzene rings is 2. The predicted octanol–water partition coefficient (Wildman–Crippen LogP) is 5.98. The largest absolute Gasteiger partial charge is 0.444 e. The first kappa shape index (κ1) is 46.3. The highest BCUT2D eigenvalue weighted by Gasteiger charge is 2.60. The Morgan fingerprint density at radius 2 is 1.12 bits per heavy atom. The van der Waals surface area contributed by atoms with Crippen LogP contribution in [0.2, 0.25) is 0 Å². The van der Waals surface area contributed by atoms with Gasteiger partial charge in [0, 0.05) is 43.4 Å². The highest BCUT2D eigenvalue weighted by atomic mass is 35.5. The van der Waals surface area contributed by atoms with E-state index in [1.165, 1.54) is 5.69 Å². The molecule has 6 atom stereocenters. The minimum Gasteiger partial charge on any atom is -0.444 e. The van der Waals surface area contributed by atoms with E-state index >= 15 is 0 Å². The van der Waals surface area contributed by atoms with E-state index in [0.717, 1.165) is 61.5 Å². The van der Waals surface area contributed by atoms with E-state index in [9.17, 15) is 14.4 Å². The van der Waals surface area contributed by atoms with E-state index in [-0.39, 0.29) is 54.0 Å². The summed E-state index contributed by atoms with van der Waals surface area (Å²) in [5.74, 6) is 3.10. The monoisotopic (exact) mass is 844 g/mol. The molecule has 14 heteroatoms. The summed E-state index contributed by atoms with van der Waals surface area (Å²) < 4.78 is 9.43. The molecular weight excluding hydrogens is 780 g/mol. The summed E-state index contributed by atoms with van der Waals surface area (Å²) >= 11 is 0. The third kappa shape index (κ3) is 11.6. The van der Waals surface area contributed by atoms with Gasteiger partial charge in [-0.3, -0.25) is 9.59 Å². The van der Waals surface area contributed by atoms with Crippen LogP contribution in [0.25, 0.3) is 11.4 Å². The third-order valence-electron chi connectivity index (χ3n) is 11.3. The lowest BCUT2D eigenvalue weighted by Crippen LogP contribution is -2.38. The number of likely N-dealkylation sites (tertiary alicyclic amines) is 1. The van der Waals surface area contributed by atoms with Gasteiger partial charge in [0.05, 0.1) is 35.9 Å². The lowest BCUT2D eigenvalue weighted by Gasteiger charge is -2.25. The number of hydrogen-bond donors (Lipinski definition) is 4. The third-order valence-corrected chi connectivity index (χ3v) is 11.3. The van der Waals surface area contributed by atoms with Crippen LogP contribution in [0.15, 0.2) is 72.8 Å². The van der Waals surface area contributed by atoms with Crippen LogP contribution in [0.4, 0.5) is 4.79 Å². The van der Waals surface area contributed by atoms with E-state index in [4.69, 9.17) is 20.0 Å². The van der Waals surface area contributed by atoms with Crippen LogP contribution in [0.3, 0.4) is 0 Å². The molecule has 2 aliphatic heterocycles. The number of para-hydroxylation sites is 2. The number of rotatable bonds is 12. The summed E-state index contributed by atoms with van der Waals surface area (Å²) in [6.07, 6.45) is 1.60. The van der Waals surface area contributed by atoms with Crippen LogP contribution in [-0.4, -0.2) is 86.4 Å². The van der Waals surface area contributed by atoms with E-state index in [0.29, 0.717) is 49.9 Å². The van der Waals surface area contributed by atoms with Gasteiger partial charge in [0.15, 0.2) is 0 Å². The molecule has 4 heterocycles. The van der Waals surface area contributed by atoms with E-state index in [1.54, 1.807) is 4.90 Å². The molecule has 326 valence electrons. The van der Waals surface area contributed by atoms with E-state index in [1.807, 2.05) is 78.7 Å². The number of piperidine rings is 2. The van der Waals surface area contributed by atoms with Crippen LogP contribution in [-0.2, 0) is 40.3 Å². The Morgan fingerprint density at radius 1 is 0.717 bits per heavy atom. The van der Waals surface area contributed by atoms with Gasteiger partial charge >= 0.3 is 6.09 Å². The average molecular weight is 846 g/mol. The molecule has 2 unspecified atom stereocenters. The molecule has 0 radical (unpaired) electrons. The molecule has 4 fully saturated rings. The van der Waals surface area contributed by atoms with Crippen LogP contribution in [0.1, 0.15) is 71.2 Å². The summed E-state index contributed by atoms with van der Waals surface area (Å²) in [5, 5.41) is 26.0. The minimum absolute atomic E-state index is 0. The lowest BCUT2D eigenvalue weighted by molar-refractivity contribution is -0.124. The molecule has 2 aromatic carbocycles. The Labute approximate surface area is 361 Å². The fourth-order valence-corrected chi connectivity index (χ4v) is 8.62. The number of fused-ring (bicyclic) bond motifs is 2. The van der Waals surface area contributed by atoms with Gasteiger partial charge in [-0.1, -0.05) is 64.1 Å². The molecule has 0 spiro atoms. The van der Waals surface area contributed by atoms with Crippen LogP contribution in [0, 0.1) is 47.3 Å². The number of halogens is 1. The molecule has 8 rings (SSSR count). The van der Waals surface area contributed by atoms with Crippen molar-refractivity contribution in [2.24, 2.45) is 47.3 Å². The van der Waals surface area contributed by atoms with E-state index in [2.05, 4.69) is 67.9 Å². The second kappa shape index (κ2) is 20.2. The van der Waals surface area contributed by atoms with Gasteiger partial charge in [0.1, 0.15) is 5.60 Å². The number of aromatic nitrogens is 4. The first-order chi connectivity index (χ1) is 28.3. The molecule has 4 aliphatic rings. The summed E-state index contributed by atoms with van der Waals surface area (Å²) in [6, 6.07) is 24.5. The number of carbonyl (C=O) groups excluding carboxylic acids is 3. The van der Waals surface area contributed by atoms with Crippen LogP contribution >= 0.6 is 12.4 Å². The summed E-state index contributed by atoms with van der Waals surface area (Å²) in [6.45, 7) is 18.5. The van der Waals surface area contributed by atoms with Crippen molar-refractivity contribution in [3.05, 3.63) is 95.6 Å². The number of amides is 3. The Hall–Kier alpha value is -4.72. The normalized spacial score (nSPS) is 22.0. The molecule has 0 bridgehead atoms. The maximum absolute atomic E-state index is 12.8. The highest BCUT2D eigenvalue weighted by Crippen LogP contribution is 2.52. The van der Waals surface area contributed by atoms with Gasteiger partial charge in [0.25, 0.3) is 0 Å². The van der Waals surface area contributed by atoms with Crippen molar-refractivity contribution in [2.75, 3.05) is 33.3 Å². The standard InChI is InChI=1S/C25H34N4O3.C20H26N4O.CH4O.ClH/c1-16(2)11-19-12-17(27-29(19)18-9-7-6-8-10-18)13-26-23(30)22-20-14-28(15-21(20)22)24(31)32-25(3,4)5;1-13(2)8-16-9-14(23-24(16)15-6-4-3-5-7-15)10-22-20(25)19-17-11-21-12-18(17)19;1-2;/h6-10,12,16,20-22H,11,13-15H2,1-5H3,(H,26,30);3-7,9,13,17-19,21H,8,10-12H2,1-2H3,(H,22,25);2H,1H3;1H/t20-,21+,22?;17-,18+,19?;;. The number of hydrogen-bond acceptors (Lipinski definition) is 8. The molecule has 2 aliphatic carbocycles. The van der Waals surface area contributed by atoms with Crippen LogP contribution in [0.5, 0.6) is 0 Å². The Kier molecular flexibility index (Phi) is 15.6. The van der Waals surface area contributed by atoms with Crippen molar-refractivity contribution in [3.8, 4) is 11.4 Å². The Bertz CT molecular complexity index is 2010. The molecule has 3 amide bonds. The van der Waals surface area contributed by atoms with Crippen molar-refractivity contribution < 1.29 is 24.2 Å². The first-order valence-electron chi connectivity index (χ1n) is 21.2. The smallest absolute Gasteiger partial charge is 0.410 e. The number of nitrogens with one attached hydrogen (secondary N) is 3. The minimum atomic E-state index is -0.502. The molecule has 4 N–H and O–H groups in total. The van der Waals surface area contributed by atoms with Crippen molar-refractivity contribution >= 4 is 30.3 Å². The van der Waals surface area contributed by atoms with Gasteiger partial charge in [0.2, 0.25) is 11.8 Å². The SMILES string of the molecule is CC(C)Cc1cc(CNC(=O)C2[C@H]3CN(C(=O)OC(C)(C)C)C[C@@H]23)nn1-c1ccccc1.CC(C)Cc1cc(CNC(=O)C2[C@H]3CNC[C@@H]23)nn1-c1ccccc1.CO.Cl. The molecule has 2 aromatic heterocycles. The van der Waals surface area contributed by atoms with Gasteiger partial charge in [-0.05, 0) is 119 Å². The second-order valence-electron chi connectivity index (χ2n) is 18.1. The van der Waals surface area contributed by atoms with Crippen LogP contribution < -0.4 is 16.0 Å². The maximum atomic E-state index is 12.8. The zero-order valence-corrected chi connectivity index (χ0v) is 37.2. The summed E-state index contributed by atoms with van der Waals surface area (Å²) in [4.78, 5) is 39.1. The van der Waals surface area contributed by atoms with Gasteiger partial charge in [-0.25, -0.2) is 14.2 Å². The highest BCUT2D eigenvalue weighted by molar-refractivity contribution is 5.85. The second-order valence-corrected chi connectivity index (χ2v) is 18.1. The summed E-state index contributed by atoms with van der Waals surface area (Å²) in [5.41, 5.74) is 5.72. The van der Waals surface area contributed by atoms with Crippen molar-refractivity contribution in [2.45, 2.75) is 80.0 Å². The molecule has 2 saturated carbocycles. The molecule has 13 nitrogen and oxygen atoms in total. The quantitative estimate of drug-likeness (QED) is 0.136. The fraction of sp³-hybridized carbons (Fsp3) is 0.543. The average Bonchev–Trinajstić information content (AvgIpc) is 3.62. The molecule has 60 heavy (non-hydrogen) atoms. The van der Waals surface area contributed by atoms with Gasteiger partial charge < -0.3 is 30.7 Å². The number of carbonyl (C=O) groups is 3. The number of ether oxygens (including phenoxy) is 1. The summed E-state index contributed by atoms with van der Waals surface area (Å²) in [7, 11) is 1.00. The van der Waals surface area contributed by atoms with E-state index < -0.39 is 5.60 Å². The Morgan fingerprint density at radius 3 is 1.50 bits per heavy atom. The number of aliphatic hydroxyl groups is 1. The van der Waals surface area contributed by atoms with Crippen molar-refractivity contribution in [3.63, 3.8) is 0 Å². The van der Waals surface area contributed by atoms with Gasteiger partial charge in [-0.15, -0.1) is 12.4 Å². The Balaban J connectivity index is 0.000000221. The topological polar surface area (TPSA) is 156 Å². The molecular formula is C46H65ClN8O5. The fourth-order valence-electron chi connectivity index (χ4n) is 8.62. The lowest BCUT2D eigenvalue weighted by atomic mass is 10.1.